The molecular weight excluding hydrogens is 288 g/mol. The van der Waals surface area contributed by atoms with Crippen LogP contribution in [-0.2, 0) is 0 Å². The third-order valence-corrected chi connectivity index (χ3v) is 4.97. The van der Waals surface area contributed by atoms with Crippen molar-refractivity contribution in [2.45, 2.75) is 32.6 Å². The highest BCUT2D eigenvalue weighted by Crippen LogP contribution is 2.20. The minimum Gasteiger partial charge on any atom is -0.370 e. The van der Waals surface area contributed by atoms with E-state index < -0.39 is 0 Å². The van der Waals surface area contributed by atoms with Crippen molar-refractivity contribution in [3.63, 3.8) is 0 Å². The van der Waals surface area contributed by atoms with Crippen molar-refractivity contribution >= 4 is 11.9 Å². The average Bonchev–Trinajstić information content (AvgIpc) is 2.61. The summed E-state index contributed by atoms with van der Waals surface area (Å²) in [6, 6.07) is 1.86. The fourth-order valence-corrected chi connectivity index (χ4v) is 3.41. The minimum absolute atomic E-state index is 0.537. The normalized spacial score (nSPS) is 24.0. The number of anilines is 1. The maximum atomic E-state index is 6.19. The van der Waals surface area contributed by atoms with Gasteiger partial charge >= 0.3 is 0 Å². The second-order valence-electron chi connectivity index (χ2n) is 6.87. The van der Waals surface area contributed by atoms with Crippen molar-refractivity contribution in [3.8, 4) is 0 Å². The highest BCUT2D eigenvalue weighted by atomic mass is 15.3. The summed E-state index contributed by atoms with van der Waals surface area (Å²) in [4.78, 5) is 17.9. The van der Waals surface area contributed by atoms with Gasteiger partial charge in [-0.25, -0.2) is 9.97 Å². The van der Waals surface area contributed by atoms with Crippen molar-refractivity contribution in [3.05, 3.63) is 18.5 Å². The van der Waals surface area contributed by atoms with E-state index in [2.05, 4.69) is 31.7 Å². The second kappa shape index (κ2) is 7.62. The van der Waals surface area contributed by atoms with Crippen molar-refractivity contribution in [2.75, 3.05) is 37.6 Å². The maximum Gasteiger partial charge on any atom is 0.225 e. The van der Waals surface area contributed by atoms with Crippen LogP contribution < -0.4 is 10.6 Å². The van der Waals surface area contributed by atoms with E-state index in [1.807, 2.05) is 6.07 Å². The summed E-state index contributed by atoms with van der Waals surface area (Å²) < 4.78 is 0. The van der Waals surface area contributed by atoms with Crippen LogP contribution in [0, 0.1) is 11.8 Å². The number of guanidine groups is 1. The molecule has 0 amide bonds. The Morgan fingerprint density at radius 2 is 1.96 bits per heavy atom. The lowest BCUT2D eigenvalue weighted by molar-refractivity contribution is 0.277. The van der Waals surface area contributed by atoms with Crippen LogP contribution in [0.2, 0.25) is 0 Å². The van der Waals surface area contributed by atoms with Crippen molar-refractivity contribution < 1.29 is 0 Å². The monoisotopic (exact) mass is 316 g/mol. The lowest BCUT2D eigenvalue weighted by atomic mass is 9.98. The fraction of sp³-hybridized carbons (Fsp3) is 0.706. The van der Waals surface area contributed by atoms with Crippen molar-refractivity contribution in [1.82, 2.24) is 14.9 Å². The van der Waals surface area contributed by atoms with Gasteiger partial charge in [-0.05, 0) is 43.6 Å². The number of hydrogen-bond donors (Lipinski definition) is 1. The molecule has 0 radical (unpaired) electrons. The molecule has 1 aromatic heterocycles. The highest BCUT2D eigenvalue weighted by molar-refractivity contribution is 5.78. The van der Waals surface area contributed by atoms with Crippen LogP contribution in [0.25, 0.3) is 0 Å². The van der Waals surface area contributed by atoms with Gasteiger partial charge in [0, 0.05) is 45.1 Å². The Hall–Kier alpha value is -1.85. The van der Waals surface area contributed by atoms with Gasteiger partial charge in [-0.3, -0.25) is 4.99 Å². The van der Waals surface area contributed by atoms with Gasteiger partial charge < -0.3 is 15.5 Å². The smallest absolute Gasteiger partial charge is 0.225 e. The summed E-state index contributed by atoms with van der Waals surface area (Å²) in [7, 11) is 0. The third-order valence-electron chi connectivity index (χ3n) is 4.97. The Morgan fingerprint density at radius 1 is 1.22 bits per heavy atom. The van der Waals surface area contributed by atoms with Crippen LogP contribution in [0.15, 0.2) is 23.5 Å². The number of piperidine rings is 2. The molecule has 126 valence electrons. The van der Waals surface area contributed by atoms with E-state index in [0.717, 1.165) is 50.5 Å². The number of nitrogens with two attached hydrogens (primary N) is 1. The number of likely N-dealkylation sites (tertiary alicyclic amines) is 1. The predicted octanol–water partition coefficient (Wildman–Crippen LogP) is 1.74. The largest absolute Gasteiger partial charge is 0.370 e. The molecule has 23 heavy (non-hydrogen) atoms. The molecule has 0 saturated carbocycles. The zero-order valence-electron chi connectivity index (χ0n) is 14.1. The summed E-state index contributed by atoms with van der Waals surface area (Å²) in [6.45, 7) is 7.21. The van der Waals surface area contributed by atoms with Gasteiger partial charge in [-0.2, -0.15) is 0 Å². The molecule has 1 atom stereocenters. The second-order valence-corrected chi connectivity index (χ2v) is 6.87. The minimum atomic E-state index is 0.537. The van der Waals surface area contributed by atoms with Crippen molar-refractivity contribution in [1.29, 1.82) is 0 Å². The van der Waals surface area contributed by atoms with Crippen LogP contribution >= 0.6 is 0 Å². The number of hydrogen-bond acceptors (Lipinski definition) is 4. The van der Waals surface area contributed by atoms with Crippen LogP contribution in [0.4, 0.5) is 5.95 Å². The lowest BCUT2D eigenvalue weighted by Crippen LogP contribution is -2.43. The summed E-state index contributed by atoms with van der Waals surface area (Å²) in [5.74, 6) is 2.91. The van der Waals surface area contributed by atoms with E-state index in [4.69, 9.17) is 5.73 Å². The van der Waals surface area contributed by atoms with E-state index >= 15 is 0 Å². The Bertz CT molecular complexity index is 509. The Balaban J connectivity index is 1.52. The van der Waals surface area contributed by atoms with Crippen LogP contribution in [0.1, 0.15) is 32.6 Å². The van der Waals surface area contributed by atoms with Crippen LogP contribution in [0.5, 0.6) is 0 Å². The Morgan fingerprint density at radius 3 is 2.70 bits per heavy atom. The van der Waals surface area contributed by atoms with Gasteiger partial charge in [0.2, 0.25) is 5.95 Å². The first-order chi connectivity index (χ1) is 11.2. The molecule has 6 heteroatoms. The molecule has 0 aliphatic carbocycles. The molecule has 2 aliphatic rings. The number of aromatic nitrogens is 2. The van der Waals surface area contributed by atoms with Crippen LogP contribution in [0.3, 0.4) is 0 Å². The third kappa shape index (κ3) is 4.33. The van der Waals surface area contributed by atoms with E-state index in [0.29, 0.717) is 5.92 Å². The average molecular weight is 316 g/mol. The fourth-order valence-electron chi connectivity index (χ4n) is 3.41. The molecule has 2 saturated heterocycles. The summed E-state index contributed by atoms with van der Waals surface area (Å²) in [5, 5.41) is 0. The van der Waals surface area contributed by atoms with Crippen molar-refractivity contribution in [2.24, 2.45) is 22.6 Å². The predicted molar refractivity (Wildman–Crippen MR) is 93.4 cm³/mol. The Labute approximate surface area is 138 Å². The first-order valence-electron chi connectivity index (χ1n) is 8.79. The first-order valence-corrected chi connectivity index (χ1v) is 8.79. The standard InChI is InChI=1S/C17H28N6/c1-14-5-10-22(11-6-14)16(18)21-12-15-4-2-9-23(13-15)17-19-7-3-8-20-17/h3,7-8,14-15H,2,4-6,9-13H2,1H3,(H2,18,21)/t15-/m1/s1. The molecule has 3 heterocycles. The van der Waals surface area contributed by atoms with Gasteiger partial charge in [0.05, 0.1) is 0 Å². The first kappa shape index (κ1) is 16.0. The zero-order valence-corrected chi connectivity index (χ0v) is 14.1. The van der Waals surface area contributed by atoms with Gasteiger partial charge in [-0.15, -0.1) is 0 Å². The number of nitrogens with zero attached hydrogens (tertiary/aromatic N) is 5. The molecule has 2 fully saturated rings. The lowest BCUT2D eigenvalue weighted by Gasteiger charge is -2.33. The summed E-state index contributed by atoms with van der Waals surface area (Å²) in [6.07, 6.45) is 8.42. The van der Waals surface area contributed by atoms with Gasteiger partial charge in [-0.1, -0.05) is 6.92 Å². The molecule has 6 nitrogen and oxygen atoms in total. The number of aliphatic imine (C=N–C) groups is 1. The van der Waals surface area contributed by atoms with Gasteiger partial charge in [0.25, 0.3) is 0 Å². The molecule has 1 aromatic rings. The maximum absolute atomic E-state index is 6.19. The van der Waals surface area contributed by atoms with E-state index in [-0.39, 0.29) is 0 Å². The zero-order chi connectivity index (χ0) is 16.1. The van der Waals surface area contributed by atoms with Gasteiger partial charge in [0.1, 0.15) is 0 Å². The van der Waals surface area contributed by atoms with Crippen LogP contribution in [-0.4, -0.2) is 53.6 Å². The molecule has 0 unspecified atom stereocenters. The summed E-state index contributed by atoms with van der Waals surface area (Å²) >= 11 is 0. The van der Waals surface area contributed by atoms with E-state index in [9.17, 15) is 0 Å². The SMILES string of the molecule is CC1CCN(C(N)=NC[C@H]2CCCN(c3ncccn3)C2)CC1. The quantitative estimate of drug-likeness (QED) is 0.679. The molecule has 0 bridgehead atoms. The van der Waals surface area contributed by atoms with Gasteiger partial charge in [0.15, 0.2) is 5.96 Å². The van der Waals surface area contributed by atoms with E-state index in [1.54, 1.807) is 12.4 Å². The molecule has 3 rings (SSSR count). The molecule has 0 aromatic carbocycles. The highest BCUT2D eigenvalue weighted by Gasteiger charge is 2.22. The number of rotatable bonds is 3. The topological polar surface area (TPSA) is 70.6 Å². The molecule has 0 spiro atoms. The molecular formula is C17H28N6. The Kier molecular flexibility index (Phi) is 5.31. The van der Waals surface area contributed by atoms with E-state index in [1.165, 1.54) is 25.7 Å². The molecule has 2 aliphatic heterocycles. The summed E-state index contributed by atoms with van der Waals surface area (Å²) in [5.41, 5.74) is 6.19. The molecule has 2 N–H and O–H groups in total.